The third-order valence-corrected chi connectivity index (χ3v) is 3.43. The van der Waals surface area contributed by atoms with Crippen LogP contribution in [0.2, 0.25) is 5.02 Å². The predicted octanol–water partition coefficient (Wildman–Crippen LogP) is 3.85. The van der Waals surface area contributed by atoms with E-state index in [1.165, 1.54) is 0 Å². The molecule has 1 N–H and O–H groups in total. The molecular weight excluding hydrogens is 254 g/mol. The molecule has 84 valence electrons. The lowest BCUT2D eigenvalue weighted by Gasteiger charge is -1.94. The van der Waals surface area contributed by atoms with Gasteiger partial charge in [-0.3, -0.25) is 5.10 Å². The summed E-state index contributed by atoms with van der Waals surface area (Å²) in [6.45, 7) is 0. The van der Waals surface area contributed by atoms with E-state index in [-0.39, 0.29) is 0 Å². The number of hydrogen-bond acceptors (Lipinski definition) is 3. The maximum Gasteiger partial charge on any atom is 0.181 e. The number of nitrogens with one attached hydrogen (secondary N) is 1. The molecule has 0 bridgehead atoms. The van der Waals surface area contributed by atoms with E-state index in [1.807, 2.05) is 41.8 Å². The van der Waals surface area contributed by atoms with Crippen LogP contribution in [0.15, 0.2) is 41.8 Å². The smallest absolute Gasteiger partial charge is 0.181 e. The van der Waals surface area contributed by atoms with Crippen molar-refractivity contribution in [1.82, 2.24) is 15.2 Å². The lowest BCUT2D eigenvalue weighted by Crippen LogP contribution is -1.80. The number of aromatic amines is 1. The van der Waals surface area contributed by atoms with Gasteiger partial charge in [0, 0.05) is 10.6 Å². The molecule has 1 aromatic carbocycles. The summed E-state index contributed by atoms with van der Waals surface area (Å²) in [6, 6.07) is 11.5. The molecule has 17 heavy (non-hydrogen) atoms. The molecule has 0 amide bonds. The number of benzene rings is 1. The van der Waals surface area contributed by atoms with Crippen LogP contribution in [-0.4, -0.2) is 15.2 Å². The minimum atomic E-state index is 0.663. The largest absolute Gasteiger partial charge is 0.258 e. The molecule has 0 saturated heterocycles. The van der Waals surface area contributed by atoms with Crippen molar-refractivity contribution in [2.75, 3.05) is 0 Å². The van der Waals surface area contributed by atoms with Gasteiger partial charge in [-0.25, -0.2) is 4.98 Å². The lowest BCUT2D eigenvalue weighted by molar-refractivity contribution is 1.10. The van der Waals surface area contributed by atoms with Gasteiger partial charge < -0.3 is 0 Å². The molecule has 0 fully saturated rings. The fourth-order valence-electron chi connectivity index (χ4n) is 1.54. The zero-order valence-electron chi connectivity index (χ0n) is 8.72. The van der Waals surface area contributed by atoms with Gasteiger partial charge in [-0.15, -0.1) is 11.3 Å². The zero-order valence-corrected chi connectivity index (χ0v) is 10.3. The van der Waals surface area contributed by atoms with Crippen LogP contribution in [0.25, 0.3) is 22.1 Å². The summed E-state index contributed by atoms with van der Waals surface area (Å²) >= 11 is 7.57. The maximum atomic E-state index is 5.94. The highest BCUT2D eigenvalue weighted by Crippen LogP contribution is 2.24. The number of halogens is 1. The summed E-state index contributed by atoms with van der Waals surface area (Å²) in [5, 5.41) is 9.82. The van der Waals surface area contributed by atoms with Crippen LogP contribution in [0.1, 0.15) is 0 Å². The van der Waals surface area contributed by atoms with Crippen molar-refractivity contribution in [2.45, 2.75) is 0 Å². The van der Waals surface area contributed by atoms with Crippen LogP contribution < -0.4 is 0 Å². The maximum absolute atomic E-state index is 5.94. The van der Waals surface area contributed by atoms with Crippen molar-refractivity contribution in [1.29, 1.82) is 0 Å². The van der Waals surface area contributed by atoms with E-state index in [1.54, 1.807) is 11.3 Å². The van der Waals surface area contributed by atoms with Gasteiger partial charge >= 0.3 is 0 Å². The molecular formula is C12H8ClN3S. The van der Waals surface area contributed by atoms with E-state index in [2.05, 4.69) is 15.2 Å². The van der Waals surface area contributed by atoms with Crippen molar-refractivity contribution in [2.24, 2.45) is 0 Å². The first-order valence-electron chi connectivity index (χ1n) is 5.05. The molecule has 0 aliphatic carbocycles. The second-order valence-electron chi connectivity index (χ2n) is 3.50. The minimum absolute atomic E-state index is 0.663. The number of aromatic nitrogens is 3. The van der Waals surface area contributed by atoms with E-state index in [9.17, 15) is 0 Å². The second kappa shape index (κ2) is 4.31. The van der Waals surface area contributed by atoms with E-state index in [0.717, 1.165) is 16.3 Å². The highest BCUT2D eigenvalue weighted by Gasteiger charge is 2.08. The fourth-order valence-corrected chi connectivity index (χ4v) is 2.40. The molecule has 3 rings (SSSR count). The summed E-state index contributed by atoms with van der Waals surface area (Å²) in [6.07, 6.45) is 0. The van der Waals surface area contributed by atoms with E-state index in [0.29, 0.717) is 10.8 Å². The van der Waals surface area contributed by atoms with Crippen LogP contribution in [-0.2, 0) is 0 Å². The van der Waals surface area contributed by atoms with Crippen LogP contribution in [0.5, 0.6) is 0 Å². The lowest BCUT2D eigenvalue weighted by atomic mass is 10.2. The van der Waals surface area contributed by atoms with Gasteiger partial charge in [0.1, 0.15) is 0 Å². The van der Waals surface area contributed by atoms with Gasteiger partial charge in [0.2, 0.25) is 0 Å². The molecule has 2 heterocycles. The normalized spacial score (nSPS) is 10.6. The van der Waals surface area contributed by atoms with E-state index >= 15 is 0 Å². The van der Waals surface area contributed by atoms with E-state index < -0.39 is 0 Å². The van der Waals surface area contributed by atoms with Gasteiger partial charge in [-0.2, -0.15) is 5.10 Å². The number of hydrogen-bond donors (Lipinski definition) is 1. The first kappa shape index (κ1) is 10.5. The molecule has 0 radical (unpaired) electrons. The second-order valence-corrected chi connectivity index (χ2v) is 4.88. The summed E-state index contributed by atoms with van der Waals surface area (Å²) in [4.78, 5) is 5.52. The average molecular weight is 262 g/mol. The molecule has 0 unspecified atom stereocenters. The SMILES string of the molecule is Clc1cccc(-c2n[nH]c(-c3cccs3)n2)c1. The Morgan fingerprint density at radius 2 is 2.12 bits per heavy atom. The monoisotopic (exact) mass is 261 g/mol. The average Bonchev–Trinajstić information content (AvgIpc) is 3.00. The highest BCUT2D eigenvalue weighted by molar-refractivity contribution is 7.13. The minimum Gasteiger partial charge on any atom is -0.258 e. The third-order valence-electron chi connectivity index (χ3n) is 2.32. The Morgan fingerprint density at radius 3 is 2.88 bits per heavy atom. The molecule has 0 aliphatic rings. The van der Waals surface area contributed by atoms with Crippen molar-refractivity contribution < 1.29 is 0 Å². The van der Waals surface area contributed by atoms with Crippen LogP contribution in [0, 0.1) is 0 Å². The predicted molar refractivity (Wildman–Crippen MR) is 70.1 cm³/mol. The molecule has 3 nitrogen and oxygen atoms in total. The molecule has 5 heteroatoms. The van der Waals surface area contributed by atoms with Crippen molar-refractivity contribution >= 4 is 22.9 Å². The summed E-state index contributed by atoms with van der Waals surface area (Å²) in [7, 11) is 0. The van der Waals surface area contributed by atoms with Crippen molar-refractivity contribution in [3.05, 3.63) is 46.8 Å². The zero-order chi connectivity index (χ0) is 11.7. The molecule has 0 saturated carbocycles. The Bertz CT molecular complexity index is 631. The van der Waals surface area contributed by atoms with Crippen molar-refractivity contribution in [3.63, 3.8) is 0 Å². The van der Waals surface area contributed by atoms with Crippen molar-refractivity contribution in [3.8, 4) is 22.1 Å². The number of nitrogens with zero attached hydrogens (tertiary/aromatic N) is 2. The Morgan fingerprint density at radius 1 is 1.18 bits per heavy atom. The van der Waals surface area contributed by atoms with Gasteiger partial charge in [0.05, 0.1) is 4.88 Å². The van der Waals surface area contributed by atoms with Crippen LogP contribution >= 0.6 is 22.9 Å². The molecule has 0 spiro atoms. The Hall–Kier alpha value is -1.65. The number of rotatable bonds is 2. The Balaban J connectivity index is 2.01. The van der Waals surface area contributed by atoms with Gasteiger partial charge in [-0.05, 0) is 23.6 Å². The first-order chi connectivity index (χ1) is 8.33. The Kier molecular flexibility index (Phi) is 2.66. The quantitative estimate of drug-likeness (QED) is 0.761. The third kappa shape index (κ3) is 2.09. The summed E-state index contributed by atoms with van der Waals surface area (Å²) < 4.78 is 0. The highest BCUT2D eigenvalue weighted by atomic mass is 35.5. The topological polar surface area (TPSA) is 41.6 Å². The van der Waals surface area contributed by atoms with Crippen LogP contribution in [0.3, 0.4) is 0 Å². The van der Waals surface area contributed by atoms with Gasteiger partial charge in [0.25, 0.3) is 0 Å². The molecule has 0 atom stereocenters. The standard InChI is InChI=1S/C12H8ClN3S/c13-9-4-1-3-8(7-9)11-14-12(16-15-11)10-5-2-6-17-10/h1-7H,(H,14,15,16). The molecule has 3 aromatic rings. The van der Waals surface area contributed by atoms with Gasteiger partial charge in [0.15, 0.2) is 11.6 Å². The van der Waals surface area contributed by atoms with Gasteiger partial charge in [-0.1, -0.05) is 29.8 Å². The summed E-state index contributed by atoms with van der Waals surface area (Å²) in [5.74, 6) is 1.45. The van der Waals surface area contributed by atoms with Crippen LogP contribution in [0.4, 0.5) is 0 Å². The van der Waals surface area contributed by atoms with E-state index in [4.69, 9.17) is 11.6 Å². The summed E-state index contributed by atoms with van der Waals surface area (Å²) in [5.41, 5.74) is 0.913. The number of thiophene rings is 1. The number of H-pyrrole nitrogens is 1. The first-order valence-corrected chi connectivity index (χ1v) is 6.31. The molecule has 0 aliphatic heterocycles. The Labute approximate surface area is 107 Å². The fraction of sp³-hybridized carbons (Fsp3) is 0. The molecule has 2 aromatic heterocycles.